The third kappa shape index (κ3) is 3.61. The highest BCUT2D eigenvalue weighted by molar-refractivity contribution is 5.83. The number of carbonyl (C=O) groups excluding carboxylic acids is 1. The number of benzene rings is 1. The first-order valence-corrected chi connectivity index (χ1v) is 8.41. The van der Waals surface area contributed by atoms with Gasteiger partial charge in [0.2, 0.25) is 0 Å². The molecule has 1 aromatic carbocycles. The Balaban J connectivity index is 1.67. The highest BCUT2D eigenvalue weighted by Crippen LogP contribution is 2.29. The van der Waals surface area contributed by atoms with Crippen molar-refractivity contribution in [1.29, 1.82) is 0 Å². The van der Waals surface area contributed by atoms with Gasteiger partial charge in [0.25, 0.3) is 0 Å². The number of hydrogen-bond acceptors (Lipinski definition) is 5. The summed E-state index contributed by atoms with van der Waals surface area (Å²) in [5.74, 6) is 0.583. The van der Waals surface area contributed by atoms with Crippen molar-refractivity contribution in [2.24, 2.45) is 5.92 Å². The summed E-state index contributed by atoms with van der Waals surface area (Å²) in [5.41, 5.74) is 2.12. The molecule has 1 aromatic heterocycles. The molecule has 0 N–H and O–H groups in total. The first-order chi connectivity index (χ1) is 11.5. The van der Waals surface area contributed by atoms with Crippen molar-refractivity contribution in [3.63, 3.8) is 0 Å². The first kappa shape index (κ1) is 16.6. The van der Waals surface area contributed by atoms with E-state index >= 15 is 0 Å². The Labute approximate surface area is 140 Å². The van der Waals surface area contributed by atoms with Crippen LogP contribution in [0.4, 0.5) is 0 Å². The lowest BCUT2D eigenvalue weighted by Crippen LogP contribution is -2.16. The molecule has 0 bridgehead atoms. The smallest absolute Gasteiger partial charge is 0.344 e. The lowest BCUT2D eigenvalue weighted by Gasteiger charge is -2.09. The Kier molecular flexibility index (Phi) is 4.88. The van der Waals surface area contributed by atoms with Crippen LogP contribution in [0.1, 0.15) is 37.8 Å². The third-order valence-electron chi connectivity index (χ3n) is 4.26. The lowest BCUT2D eigenvalue weighted by molar-refractivity contribution is -0.146. The fourth-order valence-corrected chi connectivity index (χ4v) is 2.95. The van der Waals surface area contributed by atoms with Crippen molar-refractivity contribution >= 4 is 16.9 Å². The number of carbonyl (C=O) groups is 1. The second kappa shape index (κ2) is 7.07. The maximum atomic E-state index is 12.0. The summed E-state index contributed by atoms with van der Waals surface area (Å²) in [7, 11) is 0. The number of fused-ring (bicyclic) bond motifs is 3. The quantitative estimate of drug-likeness (QED) is 0.601. The molecule has 0 saturated heterocycles. The maximum absolute atomic E-state index is 12.0. The van der Waals surface area contributed by atoms with Crippen LogP contribution in [0.25, 0.3) is 11.0 Å². The standard InChI is InChI=1S/C19H22O5/c1-12(2)8-9-22-18(20)11-23-13-6-7-15-14-4-3-5-16(14)19(21)24-17(15)10-13/h6-7,10,12H,3-5,8-9,11H2,1-2H3. The van der Waals surface area contributed by atoms with Gasteiger partial charge in [0.1, 0.15) is 11.3 Å². The Morgan fingerprint density at radius 1 is 1.25 bits per heavy atom. The van der Waals surface area contributed by atoms with E-state index in [1.807, 2.05) is 6.07 Å². The van der Waals surface area contributed by atoms with Crippen LogP contribution in [-0.2, 0) is 22.4 Å². The topological polar surface area (TPSA) is 65.7 Å². The molecule has 0 radical (unpaired) electrons. The van der Waals surface area contributed by atoms with Gasteiger partial charge in [-0.15, -0.1) is 0 Å². The SMILES string of the molecule is CC(C)CCOC(=O)COc1ccc2c3c(c(=O)oc2c1)CCC3. The second-order valence-corrected chi connectivity index (χ2v) is 6.55. The Bertz CT molecular complexity index is 803. The van der Waals surface area contributed by atoms with Crippen molar-refractivity contribution in [3.8, 4) is 5.75 Å². The average molecular weight is 330 g/mol. The second-order valence-electron chi connectivity index (χ2n) is 6.55. The van der Waals surface area contributed by atoms with E-state index in [0.717, 1.165) is 42.2 Å². The molecular formula is C19H22O5. The van der Waals surface area contributed by atoms with Gasteiger partial charge in [-0.2, -0.15) is 0 Å². The summed E-state index contributed by atoms with van der Waals surface area (Å²) in [6.07, 6.45) is 3.51. The summed E-state index contributed by atoms with van der Waals surface area (Å²) < 4.78 is 16.0. The molecule has 0 amide bonds. The molecule has 0 spiro atoms. The van der Waals surface area contributed by atoms with E-state index in [9.17, 15) is 9.59 Å². The average Bonchev–Trinajstić information content (AvgIpc) is 3.03. The van der Waals surface area contributed by atoms with E-state index < -0.39 is 5.97 Å². The van der Waals surface area contributed by atoms with E-state index in [1.54, 1.807) is 12.1 Å². The largest absolute Gasteiger partial charge is 0.482 e. The zero-order valence-electron chi connectivity index (χ0n) is 14.1. The van der Waals surface area contributed by atoms with Crippen LogP contribution in [0, 0.1) is 5.92 Å². The number of rotatable bonds is 6. The lowest BCUT2D eigenvalue weighted by atomic mass is 10.1. The minimum atomic E-state index is -0.397. The zero-order chi connectivity index (χ0) is 17.1. The van der Waals surface area contributed by atoms with E-state index in [4.69, 9.17) is 13.9 Å². The van der Waals surface area contributed by atoms with Crippen LogP contribution < -0.4 is 10.4 Å². The van der Waals surface area contributed by atoms with Gasteiger partial charge in [-0.1, -0.05) is 13.8 Å². The van der Waals surface area contributed by atoms with Gasteiger partial charge in [-0.05, 0) is 49.3 Å². The van der Waals surface area contributed by atoms with Gasteiger partial charge in [-0.3, -0.25) is 0 Å². The van der Waals surface area contributed by atoms with Crippen molar-refractivity contribution in [2.75, 3.05) is 13.2 Å². The Morgan fingerprint density at radius 3 is 2.83 bits per heavy atom. The third-order valence-corrected chi connectivity index (χ3v) is 4.26. The molecule has 1 aliphatic rings. The Morgan fingerprint density at radius 2 is 2.04 bits per heavy atom. The number of hydrogen-bond donors (Lipinski definition) is 0. The molecule has 24 heavy (non-hydrogen) atoms. The minimum Gasteiger partial charge on any atom is -0.482 e. The predicted molar refractivity (Wildman–Crippen MR) is 90.4 cm³/mol. The van der Waals surface area contributed by atoms with Crippen molar-refractivity contribution < 1.29 is 18.7 Å². The van der Waals surface area contributed by atoms with Gasteiger partial charge in [0.15, 0.2) is 6.61 Å². The monoisotopic (exact) mass is 330 g/mol. The molecule has 3 rings (SSSR count). The van der Waals surface area contributed by atoms with Gasteiger partial charge in [0.05, 0.1) is 6.61 Å². The number of aryl methyl sites for hydroxylation is 1. The fourth-order valence-electron chi connectivity index (χ4n) is 2.95. The molecule has 0 unspecified atom stereocenters. The van der Waals surface area contributed by atoms with Crippen LogP contribution in [0.2, 0.25) is 0 Å². The first-order valence-electron chi connectivity index (χ1n) is 8.41. The molecular weight excluding hydrogens is 308 g/mol. The van der Waals surface area contributed by atoms with E-state index in [1.165, 1.54) is 0 Å². The summed E-state index contributed by atoms with van der Waals surface area (Å²) in [6.45, 7) is 4.39. The van der Waals surface area contributed by atoms with Crippen molar-refractivity contribution in [1.82, 2.24) is 0 Å². The molecule has 2 aromatic rings. The van der Waals surface area contributed by atoms with E-state index in [2.05, 4.69) is 13.8 Å². The molecule has 128 valence electrons. The molecule has 0 atom stereocenters. The van der Waals surface area contributed by atoms with Crippen LogP contribution in [-0.4, -0.2) is 19.2 Å². The summed E-state index contributed by atoms with van der Waals surface area (Å²) in [6, 6.07) is 5.35. The molecule has 0 fully saturated rings. The predicted octanol–water partition coefficient (Wildman–Crippen LogP) is 3.25. The molecule has 5 nitrogen and oxygen atoms in total. The number of esters is 1. The number of ether oxygens (including phenoxy) is 2. The van der Waals surface area contributed by atoms with Gasteiger partial charge >= 0.3 is 11.6 Å². The van der Waals surface area contributed by atoms with Gasteiger partial charge < -0.3 is 13.9 Å². The Hall–Kier alpha value is -2.30. The minimum absolute atomic E-state index is 0.154. The maximum Gasteiger partial charge on any atom is 0.344 e. The normalized spacial score (nSPS) is 13.3. The fraction of sp³-hybridized carbons (Fsp3) is 0.474. The highest BCUT2D eigenvalue weighted by Gasteiger charge is 2.19. The highest BCUT2D eigenvalue weighted by atomic mass is 16.6. The molecule has 1 heterocycles. The van der Waals surface area contributed by atoms with Gasteiger partial charge in [-0.25, -0.2) is 9.59 Å². The van der Waals surface area contributed by atoms with Crippen LogP contribution >= 0.6 is 0 Å². The van der Waals surface area contributed by atoms with Crippen molar-refractivity contribution in [2.45, 2.75) is 39.5 Å². The van der Waals surface area contributed by atoms with Crippen LogP contribution in [0.5, 0.6) is 5.75 Å². The van der Waals surface area contributed by atoms with Crippen LogP contribution in [0.15, 0.2) is 27.4 Å². The molecule has 1 aliphatic carbocycles. The molecule has 0 aliphatic heterocycles. The summed E-state index contributed by atoms with van der Waals surface area (Å²) in [4.78, 5) is 23.6. The summed E-state index contributed by atoms with van der Waals surface area (Å²) in [5, 5.41) is 0.953. The molecule has 0 saturated carbocycles. The van der Waals surface area contributed by atoms with Crippen molar-refractivity contribution in [3.05, 3.63) is 39.7 Å². The van der Waals surface area contributed by atoms with Crippen LogP contribution in [0.3, 0.4) is 0 Å². The summed E-state index contributed by atoms with van der Waals surface area (Å²) >= 11 is 0. The van der Waals surface area contributed by atoms with E-state index in [-0.39, 0.29) is 12.2 Å². The zero-order valence-corrected chi connectivity index (χ0v) is 14.1. The molecule has 5 heteroatoms. The van der Waals surface area contributed by atoms with Gasteiger partial charge in [0, 0.05) is 17.0 Å². The van der Waals surface area contributed by atoms with E-state index in [0.29, 0.717) is 23.9 Å².